The Morgan fingerprint density at radius 1 is 0.867 bits per heavy atom. The molecule has 8 rings (SSSR count). The van der Waals surface area contributed by atoms with Crippen molar-refractivity contribution in [1.82, 2.24) is 4.57 Å². The zero-order valence-electron chi connectivity index (χ0n) is 23.4. The number of halogens is 3. The SMILES string of the molecule is O=C(Cn1c2c(sc1=O)C(c1ccc(F)cc1)C1C3CC(C1S2)C1C(=O)N(c2ccc(Cl)cc2)C(=O)C31)Nc1ccc(F)cc1. The predicted molar refractivity (Wildman–Crippen MR) is 168 cm³/mol. The highest BCUT2D eigenvalue weighted by atomic mass is 35.5. The molecule has 3 fully saturated rings. The monoisotopic (exact) mass is 663 g/mol. The summed E-state index contributed by atoms with van der Waals surface area (Å²) >= 11 is 8.64. The molecule has 1 aromatic heterocycles. The number of fused-ring (bicyclic) bond motifs is 9. The quantitative estimate of drug-likeness (QED) is 0.259. The van der Waals surface area contributed by atoms with Gasteiger partial charge in [0.2, 0.25) is 17.7 Å². The van der Waals surface area contributed by atoms with Gasteiger partial charge < -0.3 is 5.32 Å². The fourth-order valence-electron chi connectivity index (χ4n) is 8.02. The number of hydrogen-bond donors (Lipinski definition) is 1. The van der Waals surface area contributed by atoms with Gasteiger partial charge in [0, 0.05) is 26.8 Å². The topological polar surface area (TPSA) is 88.5 Å². The number of aromatic nitrogens is 1. The van der Waals surface area contributed by atoms with Gasteiger partial charge in [-0.2, -0.15) is 0 Å². The molecule has 3 aromatic carbocycles. The first-order chi connectivity index (χ1) is 21.7. The summed E-state index contributed by atoms with van der Waals surface area (Å²) in [6.45, 7) is -0.246. The Morgan fingerprint density at radius 3 is 2.16 bits per heavy atom. The van der Waals surface area contributed by atoms with Crippen LogP contribution in [-0.4, -0.2) is 27.5 Å². The second-order valence-electron chi connectivity index (χ2n) is 12.0. The molecule has 3 amide bonds. The van der Waals surface area contributed by atoms with E-state index in [2.05, 4.69) is 5.32 Å². The molecule has 12 heteroatoms. The molecule has 4 aromatic rings. The molecule has 2 bridgehead atoms. The largest absolute Gasteiger partial charge is 0.325 e. The molecule has 7 unspecified atom stereocenters. The van der Waals surface area contributed by atoms with Crippen LogP contribution in [0, 0.1) is 41.2 Å². The fraction of sp³-hybridized carbons (Fsp3) is 0.273. The van der Waals surface area contributed by atoms with Crippen molar-refractivity contribution in [3.05, 3.63) is 110 Å². The Kier molecular flexibility index (Phi) is 6.78. The lowest BCUT2D eigenvalue weighted by atomic mass is 9.68. The Morgan fingerprint density at radius 2 is 1.49 bits per heavy atom. The highest BCUT2D eigenvalue weighted by molar-refractivity contribution is 8.00. The second-order valence-corrected chi connectivity index (χ2v) is 14.6. The number of thioether (sulfide) groups is 1. The van der Waals surface area contributed by atoms with E-state index in [1.807, 2.05) is 0 Å². The number of thiazole rings is 1. The van der Waals surface area contributed by atoms with E-state index in [9.17, 15) is 28.0 Å². The third-order valence-electron chi connectivity index (χ3n) is 9.69. The van der Waals surface area contributed by atoms with Gasteiger partial charge in [0.15, 0.2) is 0 Å². The van der Waals surface area contributed by atoms with Crippen molar-refractivity contribution in [3.63, 3.8) is 0 Å². The highest BCUT2D eigenvalue weighted by Gasteiger charge is 2.69. The highest BCUT2D eigenvalue weighted by Crippen LogP contribution is 2.69. The van der Waals surface area contributed by atoms with E-state index in [4.69, 9.17) is 11.6 Å². The van der Waals surface area contributed by atoms with Gasteiger partial charge in [0.05, 0.1) is 22.5 Å². The lowest BCUT2D eigenvalue weighted by molar-refractivity contribution is -0.123. The fourth-order valence-corrected chi connectivity index (χ4v) is 11.3. The standard InChI is InChI=1S/C33H24ClF2N3O4S2/c34-16-3-11-20(12-4-16)39-30(41)26-21-13-22(27(26)31(39)42)28-25(21)24(15-1-5-17(35)6-2-15)29-32(44-28)38(33(43)45-29)14-23(40)37-19-9-7-18(36)8-10-19/h1-12,21-22,24-28H,13-14H2,(H,37,40). The minimum absolute atomic E-state index is 0.0688. The lowest BCUT2D eigenvalue weighted by Gasteiger charge is -2.43. The van der Waals surface area contributed by atoms with Crippen LogP contribution in [-0.2, 0) is 20.9 Å². The van der Waals surface area contributed by atoms with E-state index in [1.54, 1.807) is 36.4 Å². The number of benzene rings is 3. The van der Waals surface area contributed by atoms with Gasteiger partial charge in [-0.05, 0) is 90.4 Å². The molecule has 2 saturated carbocycles. The first-order valence-electron chi connectivity index (χ1n) is 14.5. The second kappa shape index (κ2) is 10.6. The normalized spacial score (nSPS) is 27.8. The molecule has 228 valence electrons. The van der Waals surface area contributed by atoms with Crippen molar-refractivity contribution in [3.8, 4) is 0 Å². The van der Waals surface area contributed by atoms with Gasteiger partial charge >= 0.3 is 4.87 Å². The summed E-state index contributed by atoms with van der Waals surface area (Å²) in [6.07, 6.45) is 0.700. The average Bonchev–Trinajstić information content (AvgIpc) is 3.74. The summed E-state index contributed by atoms with van der Waals surface area (Å²) in [5, 5.41) is 3.79. The molecule has 2 aliphatic carbocycles. The smallest absolute Gasteiger partial charge is 0.308 e. The Bertz CT molecular complexity index is 1930. The molecular weight excluding hydrogens is 640 g/mol. The van der Waals surface area contributed by atoms with Crippen LogP contribution in [0.5, 0.6) is 0 Å². The van der Waals surface area contributed by atoms with Crippen LogP contribution >= 0.6 is 34.7 Å². The van der Waals surface area contributed by atoms with E-state index < -0.39 is 23.6 Å². The number of carbonyl (C=O) groups excluding carboxylic acids is 3. The molecule has 1 saturated heterocycles. The van der Waals surface area contributed by atoms with Crippen LogP contribution in [0.2, 0.25) is 5.02 Å². The summed E-state index contributed by atoms with van der Waals surface area (Å²) in [5.41, 5.74) is 1.73. The maximum absolute atomic E-state index is 14.1. The van der Waals surface area contributed by atoms with Gasteiger partial charge in [-0.15, -0.1) is 11.8 Å². The van der Waals surface area contributed by atoms with Crippen LogP contribution in [0.1, 0.15) is 22.8 Å². The minimum Gasteiger partial charge on any atom is -0.325 e. The van der Waals surface area contributed by atoms with E-state index in [0.717, 1.165) is 21.8 Å². The first-order valence-corrected chi connectivity index (χ1v) is 16.6. The van der Waals surface area contributed by atoms with Crippen molar-refractivity contribution in [2.45, 2.75) is 29.2 Å². The maximum atomic E-state index is 14.1. The Labute approximate surface area is 269 Å². The van der Waals surface area contributed by atoms with Gasteiger partial charge in [0.1, 0.15) is 18.2 Å². The lowest BCUT2D eigenvalue weighted by Crippen LogP contribution is -2.43. The summed E-state index contributed by atoms with van der Waals surface area (Å²) in [4.78, 5) is 56.1. The van der Waals surface area contributed by atoms with Gasteiger partial charge in [-0.3, -0.25) is 28.6 Å². The molecule has 4 aliphatic rings. The predicted octanol–water partition coefficient (Wildman–Crippen LogP) is 6.16. The number of nitrogens with one attached hydrogen (secondary N) is 1. The van der Waals surface area contributed by atoms with Crippen molar-refractivity contribution in [1.29, 1.82) is 0 Å². The minimum atomic E-state index is -0.483. The Balaban J connectivity index is 1.17. The van der Waals surface area contributed by atoms with Gasteiger partial charge in [-0.25, -0.2) is 8.78 Å². The van der Waals surface area contributed by atoms with E-state index in [0.29, 0.717) is 27.8 Å². The third-order valence-corrected chi connectivity index (χ3v) is 12.7. The summed E-state index contributed by atoms with van der Waals surface area (Å²) in [6, 6.07) is 18.3. The molecule has 7 nitrogen and oxygen atoms in total. The maximum Gasteiger partial charge on any atom is 0.308 e. The molecule has 1 N–H and O–H groups in total. The van der Waals surface area contributed by atoms with Crippen LogP contribution in [0.25, 0.3) is 0 Å². The van der Waals surface area contributed by atoms with Crippen LogP contribution in [0.15, 0.2) is 82.6 Å². The summed E-state index contributed by atoms with van der Waals surface area (Å²) < 4.78 is 28.9. The summed E-state index contributed by atoms with van der Waals surface area (Å²) in [7, 11) is 0. The molecule has 0 radical (unpaired) electrons. The molecule has 7 atom stereocenters. The number of nitrogens with zero attached hydrogens (tertiary/aromatic N) is 2. The van der Waals surface area contributed by atoms with E-state index >= 15 is 0 Å². The molecular formula is C33H24ClF2N3O4S2. The number of carbonyl (C=O) groups is 3. The van der Waals surface area contributed by atoms with Gasteiger partial charge in [-0.1, -0.05) is 35.1 Å². The van der Waals surface area contributed by atoms with Crippen LogP contribution in [0.3, 0.4) is 0 Å². The molecule has 3 heterocycles. The number of hydrogen-bond acceptors (Lipinski definition) is 6. The van der Waals surface area contributed by atoms with Crippen molar-refractivity contribution < 1.29 is 23.2 Å². The number of anilines is 2. The van der Waals surface area contributed by atoms with E-state index in [1.165, 1.54) is 57.6 Å². The average molecular weight is 664 g/mol. The zero-order valence-corrected chi connectivity index (χ0v) is 25.8. The van der Waals surface area contributed by atoms with Crippen molar-refractivity contribution in [2.24, 2.45) is 29.6 Å². The van der Waals surface area contributed by atoms with Gasteiger partial charge in [0.25, 0.3) is 0 Å². The Hall–Kier alpha value is -3.80. The number of rotatable bonds is 5. The van der Waals surface area contributed by atoms with Crippen molar-refractivity contribution >= 4 is 63.8 Å². The third kappa shape index (κ3) is 4.50. The van der Waals surface area contributed by atoms with E-state index in [-0.39, 0.29) is 58.0 Å². The number of amides is 3. The van der Waals surface area contributed by atoms with Crippen LogP contribution in [0.4, 0.5) is 20.2 Å². The molecule has 45 heavy (non-hydrogen) atoms. The number of imide groups is 1. The zero-order chi connectivity index (χ0) is 31.1. The summed E-state index contributed by atoms with van der Waals surface area (Å²) in [5.74, 6) is -3.25. The molecule has 2 aliphatic heterocycles. The van der Waals surface area contributed by atoms with Crippen LogP contribution < -0.4 is 15.1 Å². The first kappa shape index (κ1) is 28.7. The molecule has 0 spiro atoms. The van der Waals surface area contributed by atoms with Crippen molar-refractivity contribution in [2.75, 3.05) is 10.2 Å².